The van der Waals surface area contributed by atoms with Gasteiger partial charge in [-0.15, -0.1) is 0 Å². The minimum atomic E-state index is -0.371. The van der Waals surface area contributed by atoms with Crippen molar-refractivity contribution in [2.24, 2.45) is 0 Å². The van der Waals surface area contributed by atoms with Gasteiger partial charge in [0.25, 0.3) is 0 Å². The van der Waals surface area contributed by atoms with Crippen LogP contribution in [0.25, 0.3) is 0 Å². The van der Waals surface area contributed by atoms with Crippen LogP contribution in [0.3, 0.4) is 0 Å². The average molecular weight is 264 g/mol. The van der Waals surface area contributed by atoms with Gasteiger partial charge in [0.15, 0.2) is 0 Å². The van der Waals surface area contributed by atoms with Gasteiger partial charge in [0.1, 0.15) is 18.5 Å². The van der Waals surface area contributed by atoms with Crippen molar-refractivity contribution >= 4 is 11.9 Å². The van der Waals surface area contributed by atoms with E-state index in [0.29, 0.717) is 5.75 Å². The van der Waals surface area contributed by atoms with Crippen LogP contribution < -0.4 is 4.74 Å². The summed E-state index contributed by atoms with van der Waals surface area (Å²) in [5.41, 5.74) is 2.02. The molecule has 1 unspecified atom stereocenters. The average Bonchev–Trinajstić information content (AvgIpc) is 2.71. The maximum atomic E-state index is 11.4. The first-order chi connectivity index (χ1) is 9.10. The molecule has 0 fully saturated rings. The summed E-state index contributed by atoms with van der Waals surface area (Å²) in [7, 11) is 1.45. The van der Waals surface area contributed by atoms with Crippen molar-refractivity contribution in [2.45, 2.75) is 25.9 Å². The van der Waals surface area contributed by atoms with Gasteiger partial charge in [0.05, 0.1) is 0 Å². The van der Waals surface area contributed by atoms with Crippen LogP contribution in [0, 0.1) is 0 Å². The molecular weight excluding hydrogens is 248 g/mol. The van der Waals surface area contributed by atoms with Crippen molar-refractivity contribution in [3.05, 3.63) is 29.3 Å². The Morgan fingerprint density at radius 2 is 2.16 bits per heavy atom. The second kappa shape index (κ2) is 5.84. The largest absolute Gasteiger partial charge is 0.456 e. The minimum absolute atomic E-state index is 0.0443. The molecule has 1 aliphatic carbocycles. The highest BCUT2D eigenvalue weighted by Crippen LogP contribution is 2.36. The zero-order valence-corrected chi connectivity index (χ0v) is 11.0. The lowest BCUT2D eigenvalue weighted by Gasteiger charge is -2.13. The number of hydrogen-bond donors (Lipinski definition) is 0. The zero-order chi connectivity index (χ0) is 13.8. The molecule has 5 nitrogen and oxygen atoms in total. The minimum Gasteiger partial charge on any atom is -0.456 e. The highest BCUT2D eigenvalue weighted by atomic mass is 16.6. The third-order valence-corrected chi connectivity index (χ3v) is 2.93. The number of carbonyl (C=O) groups excluding carboxylic acids is 2. The molecule has 2 rings (SSSR count). The monoisotopic (exact) mass is 264 g/mol. The first-order valence-corrected chi connectivity index (χ1v) is 6.10. The van der Waals surface area contributed by atoms with Crippen LogP contribution in [-0.2, 0) is 25.5 Å². The first-order valence-electron chi connectivity index (χ1n) is 6.10. The van der Waals surface area contributed by atoms with E-state index in [1.54, 1.807) is 6.07 Å². The normalized spacial score (nSPS) is 16.8. The van der Waals surface area contributed by atoms with Gasteiger partial charge in [-0.2, -0.15) is 0 Å². The van der Waals surface area contributed by atoms with Crippen LogP contribution in [0.2, 0.25) is 0 Å². The van der Waals surface area contributed by atoms with E-state index < -0.39 is 0 Å². The van der Waals surface area contributed by atoms with E-state index >= 15 is 0 Å². The number of esters is 2. The lowest BCUT2D eigenvalue weighted by Crippen LogP contribution is -2.14. The van der Waals surface area contributed by atoms with E-state index in [1.807, 2.05) is 12.1 Å². The van der Waals surface area contributed by atoms with Gasteiger partial charge in [-0.3, -0.25) is 4.79 Å². The molecule has 0 radical (unpaired) electrons. The molecule has 0 spiro atoms. The molecule has 0 amide bonds. The van der Waals surface area contributed by atoms with Gasteiger partial charge < -0.3 is 14.2 Å². The predicted octanol–water partition coefficient (Wildman–Crippen LogP) is 1.79. The maximum absolute atomic E-state index is 11.4. The number of benzene rings is 1. The van der Waals surface area contributed by atoms with Crippen molar-refractivity contribution in [3.8, 4) is 5.75 Å². The standard InChI is InChI=1S/C14H16O5/c1-9(15)18-11-4-5-12-10(7-11)3-6-13(12)19-14(16)8-17-2/h4-5,7,13H,3,6,8H2,1-2H3. The van der Waals surface area contributed by atoms with Gasteiger partial charge in [-0.05, 0) is 36.1 Å². The van der Waals surface area contributed by atoms with Gasteiger partial charge in [0.2, 0.25) is 0 Å². The molecule has 0 saturated heterocycles. The Morgan fingerprint density at radius 3 is 2.84 bits per heavy atom. The lowest BCUT2D eigenvalue weighted by molar-refractivity contribution is -0.153. The fraction of sp³-hybridized carbons (Fsp3) is 0.429. The fourth-order valence-corrected chi connectivity index (χ4v) is 2.22. The topological polar surface area (TPSA) is 61.8 Å². The quantitative estimate of drug-likeness (QED) is 0.613. The molecule has 1 aromatic rings. The van der Waals surface area contributed by atoms with E-state index in [1.165, 1.54) is 14.0 Å². The molecule has 0 N–H and O–H groups in total. The smallest absolute Gasteiger partial charge is 0.332 e. The summed E-state index contributed by atoms with van der Waals surface area (Å²) in [6, 6.07) is 5.37. The van der Waals surface area contributed by atoms with Crippen molar-refractivity contribution in [2.75, 3.05) is 13.7 Å². The van der Waals surface area contributed by atoms with E-state index in [4.69, 9.17) is 14.2 Å². The number of ether oxygens (including phenoxy) is 3. The Balaban J connectivity index is 2.08. The highest BCUT2D eigenvalue weighted by Gasteiger charge is 2.26. The summed E-state index contributed by atoms with van der Waals surface area (Å²) in [6.07, 6.45) is 1.31. The molecule has 1 atom stereocenters. The maximum Gasteiger partial charge on any atom is 0.332 e. The summed E-state index contributed by atoms with van der Waals surface area (Å²) in [5.74, 6) is -0.194. The van der Waals surface area contributed by atoms with Gasteiger partial charge in [-0.1, -0.05) is 6.07 Å². The van der Waals surface area contributed by atoms with Crippen molar-refractivity contribution in [1.29, 1.82) is 0 Å². The Bertz CT molecular complexity index is 495. The molecular formula is C14H16O5. The van der Waals surface area contributed by atoms with Crippen molar-refractivity contribution in [3.63, 3.8) is 0 Å². The van der Waals surface area contributed by atoms with E-state index in [2.05, 4.69) is 0 Å². The van der Waals surface area contributed by atoms with Crippen LogP contribution in [0.5, 0.6) is 5.75 Å². The Hall–Kier alpha value is -1.88. The first kappa shape index (κ1) is 13.5. The number of hydrogen-bond acceptors (Lipinski definition) is 5. The lowest BCUT2D eigenvalue weighted by atomic mass is 10.1. The summed E-state index contributed by atoms with van der Waals surface area (Å²) in [5, 5.41) is 0. The molecule has 19 heavy (non-hydrogen) atoms. The van der Waals surface area contributed by atoms with Gasteiger partial charge in [0, 0.05) is 14.0 Å². The van der Waals surface area contributed by atoms with Crippen LogP contribution in [0.4, 0.5) is 0 Å². The second-order valence-electron chi connectivity index (χ2n) is 4.40. The summed E-state index contributed by atoms with van der Waals surface area (Å²) < 4.78 is 15.1. The summed E-state index contributed by atoms with van der Waals surface area (Å²) >= 11 is 0. The number of carbonyl (C=O) groups is 2. The molecule has 0 aromatic heterocycles. The van der Waals surface area contributed by atoms with Crippen molar-refractivity contribution in [1.82, 2.24) is 0 Å². The Labute approximate surface area is 111 Å². The second-order valence-corrected chi connectivity index (χ2v) is 4.40. The number of fused-ring (bicyclic) bond motifs is 1. The molecule has 0 heterocycles. The van der Waals surface area contributed by atoms with E-state index in [9.17, 15) is 9.59 Å². The molecule has 0 aliphatic heterocycles. The van der Waals surface area contributed by atoms with Crippen molar-refractivity contribution < 1.29 is 23.8 Å². The number of aryl methyl sites for hydroxylation is 1. The van der Waals surface area contributed by atoms with E-state index in [0.717, 1.165) is 24.0 Å². The van der Waals surface area contributed by atoms with Crippen LogP contribution in [0.1, 0.15) is 30.6 Å². The molecule has 102 valence electrons. The third-order valence-electron chi connectivity index (χ3n) is 2.93. The molecule has 1 aliphatic rings. The molecule has 0 bridgehead atoms. The van der Waals surface area contributed by atoms with E-state index in [-0.39, 0.29) is 24.6 Å². The summed E-state index contributed by atoms with van der Waals surface area (Å²) in [4.78, 5) is 22.3. The number of methoxy groups -OCH3 is 1. The van der Waals surface area contributed by atoms with Crippen LogP contribution >= 0.6 is 0 Å². The predicted molar refractivity (Wildman–Crippen MR) is 66.8 cm³/mol. The molecule has 0 saturated carbocycles. The highest BCUT2D eigenvalue weighted by molar-refractivity contribution is 5.71. The SMILES string of the molecule is COCC(=O)OC1CCc2cc(OC(C)=O)ccc21. The Kier molecular flexibility index (Phi) is 4.16. The summed E-state index contributed by atoms with van der Waals surface area (Å²) in [6.45, 7) is 1.32. The molecule has 1 aromatic carbocycles. The van der Waals surface area contributed by atoms with Gasteiger partial charge >= 0.3 is 11.9 Å². The van der Waals surface area contributed by atoms with Crippen LogP contribution in [-0.4, -0.2) is 25.7 Å². The Morgan fingerprint density at radius 1 is 1.37 bits per heavy atom. The number of rotatable bonds is 4. The molecule has 5 heteroatoms. The van der Waals surface area contributed by atoms with Crippen LogP contribution in [0.15, 0.2) is 18.2 Å². The zero-order valence-electron chi connectivity index (χ0n) is 11.0. The third kappa shape index (κ3) is 3.32. The fourth-order valence-electron chi connectivity index (χ4n) is 2.22. The van der Waals surface area contributed by atoms with Gasteiger partial charge in [-0.25, -0.2) is 4.79 Å².